The number of nitrogens with zero attached hydrogens (tertiary/aromatic N) is 3. The quantitative estimate of drug-likeness (QED) is 0.540. The number of anilines is 1. The Morgan fingerprint density at radius 2 is 1.91 bits per heavy atom. The summed E-state index contributed by atoms with van der Waals surface area (Å²) in [5.41, 5.74) is -4.45. The van der Waals surface area contributed by atoms with Gasteiger partial charge in [0.15, 0.2) is 5.65 Å². The molecule has 0 bridgehead atoms. The average molecular weight is 484 g/mol. The molecule has 34 heavy (non-hydrogen) atoms. The molecule has 0 aliphatic heterocycles. The minimum absolute atomic E-state index is 0.0341. The maximum absolute atomic E-state index is 14.6. The van der Waals surface area contributed by atoms with Gasteiger partial charge in [-0.2, -0.15) is 13.2 Å². The summed E-state index contributed by atoms with van der Waals surface area (Å²) in [4.78, 5) is 31.5. The number of carbonyl (C=O) groups is 1. The molecule has 0 atom stereocenters. The number of hydrogen-bond acceptors (Lipinski definition) is 4. The third-order valence-electron chi connectivity index (χ3n) is 5.71. The van der Waals surface area contributed by atoms with E-state index in [9.17, 15) is 35.9 Å². The van der Waals surface area contributed by atoms with Crippen molar-refractivity contribution in [3.63, 3.8) is 0 Å². The van der Waals surface area contributed by atoms with Crippen molar-refractivity contribution in [3.05, 3.63) is 63.9 Å². The Hall–Kier alpha value is -3.57. The van der Waals surface area contributed by atoms with Gasteiger partial charge in [0.25, 0.3) is 5.91 Å². The molecule has 1 aliphatic rings. The van der Waals surface area contributed by atoms with Crippen LogP contribution in [-0.4, -0.2) is 47.4 Å². The van der Waals surface area contributed by atoms with Crippen LogP contribution in [0, 0.1) is 11.6 Å². The number of carbonyl (C=O) groups excluding carboxylic acids is 1. The van der Waals surface area contributed by atoms with Crippen molar-refractivity contribution in [2.45, 2.75) is 24.6 Å². The topological polar surface area (TPSA) is 67.2 Å². The Kier molecular flexibility index (Phi) is 5.78. The zero-order valence-corrected chi connectivity index (χ0v) is 17.7. The summed E-state index contributed by atoms with van der Waals surface area (Å²) in [6.07, 6.45) is -4.50. The first-order valence-electron chi connectivity index (χ1n) is 10.2. The molecule has 1 aromatic carbocycles. The molecule has 1 amide bonds. The minimum atomic E-state index is -4.71. The predicted octanol–water partition coefficient (Wildman–Crippen LogP) is 3.89. The molecule has 1 aliphatic carbocycles. The molecule has 2 heterocycles. The second-order valence-corrected chi connectivity index (χ2v) is 8.02. The molecule has 0 radical (unpaired) electrons. The lowest BCUT2D eigenvalue weighted by atomic mass is 10.1. The van der Waals surface area contributed by atoms with E-state index in [1.165, 1.54) is 24.1 Å². The van der Waals surface area contributed by atoms with E-state index in [1.54, 1.807) is 0 Å². The molecule has 4 rings (SSSR count). The second-order valence-electron chi connectivity index (χ2n) is 8.02. The molecular formula is C22H18F6N4O2. The van der Waals surface area contributed by atoms with E-state index in [2.05, 4.69) is 4.98 Å². The van der Waals surface area contributed by atoms with Gasteiger partial charge < -0.3 is 10.2 Å². The zero-order valence-electron chi connectivity index (χ0n) is 17.7. The van der Waals surface area contributed by atoms with Gasteiger partial charge in [-0.15, -0.1) is 0 Å². The second kappa shape index (κ2) is 8.33. The minimum Gasteiger partial charge on any atom is -0.357 e. The Morgan fingerprint density at radius 3 is 2.50 bits per heavy atom. The van der Waals surface area contributed by atoms with Crippen LogP contribution in [0.5, 0.6) is 0 Å². The maximum Gasteiger partial charge on any atom is 0.411 e. The number of alkyl halides is 4. The van der Waals surface area contributed by atoms with E-state index in [0.29, 0.717) is 6.07 Å². The van der Waals surface area contributed by atoms with E-state index < -0.39 is 46.9 Å². The first kappa shape index (κ1) is 23.6. The van der Waals surface area contributed by atoms with Crippen LogP contribution in [0.1, 0.15) is 23.2 Å². The normalized spacial score (nSPS) is 14.8. The van der Waals surface area contributed by atoms with Gasteiger partial charge in [0.05, 0.1) is 11.1 Å². The third kappa shape index (κ3) is 4.08. The number of rotatable bonds is 6. The molecule has 0 saturated heterocycles. The van der Waals surface area contributed by atoms with Crippen molar-refractivity contribution < 1.29 is 31.1 Å². The number of hydrogen-bond donors (Lipinski definition) is 1. The fourth-order valence-corrected chi connectivity index (χ4v) is 3.56. The van der Waals surface area contributed by atoms with Gasteiger partial charge in [-0.05, 0) is 37.1 Å². The summed E-state index contributed by atoms with van der Waals surface area (Å²) in [5.74, 6) is -3.01. The summed E-state index contributed by atoms with van der Waals surface area (Å²) >= 11 is 0. The fourth-order valence-electron chi connectivity index (χ4n) is 3.56. The maximum atomic E-state index is 14.6. The predicted molar refractivity (Wildman–Crippen MR) is 112 cm³/mol. The summed E-state index contributed by atoms with van der Waals surface area (Å²) < 4.78 is 81.8. The number of amides is 1. The molecule has 12 heteroatoms. The fraction of sp³-hybridized carbons (Fsp3) is 0.318. The van der Waals surface area contributed by atoms with E-state index in [0.717, 1.165) is 22.9 Å². The molecular weight excluding hydrogens is 466 g/mol. The van der Waals surface area contributed by atoms with Crippen molar-refractivity contribution in [3.8, 4) is 5.69 Å². The van der Waals surface area contributed by atoms with Crippen molar-refractivity contribution in [2.24, 2.45) is 0 Å². The lowest BCUT2D eigenvalue weighted by Gasteiger charge is -2.21. The molecule has 6 nitrogen and oxygen atoms in total. The van der Waals surface area contributed by atoms with Crippen LogP contribution in [0.25, 0.3) is 16.7 Å². The van der Waals surface area contributed by atoms with Crippen molar-refractivity contribution in [2.75, 3.05) is 25.2 Å². The Morgan fingerprint density at radius 1 is 1.21 bits per heavy atom. The van der Waals surface area contributed by atoms with Gasteiger partial charge in [-0.1, -0.05) is 0 Å². The highest BCUT2D eigenvalue weighted by atomic mass is 19.4. The van der Waals surface area contributed by atoms with Gasteiger partial charge in [-0.3, -0.25) is 14.2 Å². The number of benzene rings is 1. The lowest BCUT2D eigenvalue weighted by Crippen LogP contribution is -2.48. The Bertz CT molecular complexity index is 1330. The largest absolute Gasteiger partial charge is 0.411 e. The highest BCUT2D eigenvalue weighted by Gasteiger charge is 2.64. The molecule has 3 aromatic rings. The molecule has 180 valence electrons. The molecule has 2 aromatic heterocycles. The molecule has 0 unspecified atom stereocenters. The zero-order chi connectivity index (χ0) is 24.8. The smallest absolute Gasteiger partial charge is 0.357 e. The summed E-state index contributed by atoms with van der Waals surface area (Å²) in [7, 11) is 1.53. The summed E-state index contributed by atoms with van der Waals surface area (Å²) in [5, 5.41) is 1.69. The van der Waals surface area contributed by atoms with Crippen LogP contribution in [0.4, 0.5) is 32.2 Å². The number of aromatic nitrogens is 2. The number of halogens is 6. The van der Waals surface area contributed by atoms with E-state index in [-0.39, 0.29) is 41.9 Å². The van der Waals surface area contributed by atoms with Gasteiger partial charge in [0, 0.05) is 25.9 Å². The Balaban J connectivity index is 1.92. The van der Waals surface area contributed by atoms with E-state index in [4.69, 9.17) is 0 Å². The number of pyridine rings is 2. The lowest BCUT2D eigenvalue weighted by molar-refractivity contribution is -0.163. The summed E-state index contributed by atoms with van der Waals surface area (Å²) in [6.45, 7) is -0.733. The van der Waals surface area contributed by atoms with Crippen molar-refractivity contribution in [1.29, 1.82) is 0 Å². The summed E-state index contributed by atoms with van der Waals surface area (Å²) in [6, 6.07) is 5.17. The van der Waals surface area contributed by atoms with Gasteiger partial charge in [0.1, 0.15) is 35.2 Å². The van der Waals surface area contributed by atoms with Crippen molar-refractivity contribution in [1.82, 2.24) is 14.9 Å². The third-order valence-corrected chi connectivity index (χ3v) is 5.71. The van der Waals surface area contributed by atoms with Crippen LogP contribution in [0.15, 0.2) is 41.3 Å². The van der Waals surface area contributed by atoms with Gasteiger partial charge >= 0.3 is 6.18 Å². The number of nitrogens with one attached hydrogen (secondary N) is 1. The van der Waals surface area contributed by atoms with E-state index >= 15 is 0 Å². The molecule has 1 fully saturated rings. The highest BCUT2D eigenvalue weighted by molar-refractivity contribution is 5.98. The first-order valence-corrected chi connectivity index (χ1v) is 10.2. The van der Waals surface area contributed by atoms with E-state index in [1.807, 2.05) is 5.32 Å². The molecule has 1 N–H and O–H groups in total. The van der Waals surface area contributed by atoms with Crippen LogP contribution >= 0.6 is 0 Å². The monoisotopic (exact) mass is 484 g/mol. The molecule has 0 spiro atoms. The van der Waals surface area contributed by atoms with Crippen LogP contribution in [-0.2, 0) is 0 Å². The average Bonchev–Trinajstić information content (AvgIpc) is 3.55. The van der Waals surface area contributed by atoms with Crippen LogP contribution in [0.3, 0.4) is 0 Å². The van der Waals surface area contributed by atoms with Crippen LogP contribution in [0.2, 0.25) is 0 Å². The highest BCUT2D eigenvalue weighted by Crippen LogP contribution is 2.49. The van der Waals surface area contributed by atoms with Crippen LogP contribution < -0.4 is 15.6 Å². The molecule has 1 saturated carbocycles. The van der Waals surface area contributed by atoms with Gasteiger partial charge in [0.2, 0.25) is 5.43 Å². The van der Waals surface area contributed by atoms with Crippen molar-refractivity contribution >= 4 is 22.8 Å². The SMILES string of the molecule is CN(CCF)c1ccc2c(=O)c(C(=O)NC3(C(F)(F)F)CC3)cn(-c3ccc(F)cc3F)c2n1. The van der Waals surface area contributed by atoms with Gasteiger partial charge in [-0.25, -0.2) is 18.2 Å². The Labute approximate surface area is 188 Å². The standard InChI is InChI=1S/C22H18F6N4O2/c1-31(9-8-23)17-5-3-13-18(33)14(20(34)30-21(6-7-21)22(26,27)28)11-32(19(13)29-17)16-4-2-12(24)10-15(16)25/h2-5,10-11H,6-9H2,1H3,(H,30,34). The number of fused-ring (bicyclic) bond motifs is 1. The first-order chi connectivity index (χ1) is 16.0.